The number of hydrogen-bond donors (Lipinski definition) is 0. The van der Waals surface area contributed by atoms with Gasteiger partial charge in [-0.25, -0.2) is 0 Å². The maximum atomic E-state index is 12.6. The van der Waals surface area contributed by atoms with Crippen LogP contribution in [0.4, 0.5) is 13.2 Å². The number of ether oxygens (including phenoxy) is 2. The third kappa shape index (κ3) is 5.37. The quantitative estimate of drug-likeness (QED) is 0.666. The number of alkyl halides is 3. The average molecular weight is 228 g/mol. The minimum Gasteiger partial charge on any atom is -0.378 e. The topological polar surface area (TPSA) is 18.5 Å². The SMILES string of the molecule is CCCCC(OC)C(OCC)C(F)(F)F. The molecule has 0 spiro atoms. The smallest absolute Gasteiger partial charge is 0.378 e. The fourth-order valence-electron chi connectivity index (χ4n) is 1.39. The Morgan fingerprint density at radius 1 is 1.20 bits per heavy atom. The second-order valence-electron chi connectivity index (χ2n) is 3.33. The van der Waals surface area contributed by atoms with E-state index in [0.717, 1.165) is 6.42 Å². The lowest BCUT2D eigenvalue weighted by molar-refractivity contribution is -0.249. The van der Waals surface area contributed by atoms with E-state index in [0.29, 0.717) is 12.8 Å². The van der Waals surface area contributed by atoms with Crippen LogP contribution in [0.3, 0.4) is 0 Å². The number of rotatable bonds is 7. The van der Waals surface area contributed by atoms with Crippen molar-refractivity contribution in [2.45, 2.75) is 51.5 Å². The van der Waals surface area contributed by atoms with Crippen LogP contribution in [0, 0.1) is 0 Å². The van der Waals surface area contributed by atoms with Gasteiger partial charge in [0.05, 0.1) is 6.10 Å². The van der Waals surface area contributed by atoms with Gasteiger partial charge in [-0.2, -0.15) is 13.2 Å². The monoisotopic (exact) mass is 228 g/mol. The van der Waals surface area contributed by atoms with Crippen LogP contribution in [0.5, 0.6) is 0 Å². The molecule has 0 heterocycles. The largest absolute Gasteiger partial charge is 0.417 e. The Hall–Kier alpha value is -0.290. The first-order valence-electron chi connectivity index (χ1n) is 5.18. The molecule has 0 saturated heterocycles. The molecule has 0 N–H and O–H groups in total. The van der Waals surface area contributed by atoms with Gasteiger partial charge in [0.25, 0.3) is 0 Å². The van der Waals surface area contributed by atoms with Crippen LogP contribution in [0.2, 0.25) is 0 Å². The molecular weight excluding hydrogens is 209 g/mol. The van der Waals surface area contributed by atoms with Gasteiger partial charge in [0, 0.05) is 13.7 Å². The van der Waals surface area contributed by atoms with Crippen LogP contribution in [0.25, 0.3) is 0 Å². The third-order valence-corrected chi connectivity index (χ3v) is 2.15. The van der Waals surface area contributed by atoms with E-state index in [1.807, 2.05) is 6.92 Å². The number of methoxy groups -OCH3 is 1. The Labute approximate surface area is 88.7 Å². The molecule has 0 radical (unpaired) electrons. The van der Waals surface area contributed by atoms with Crippen molar-refractivity contribution in [1.29, 1.82) is 0 Å². The zero-order chi connectivity index (χ0) is 11.9. The summed E-state index contributed by atoms with van der Waals surface area (Å²) in [7, 11) is 1.29. The Kier molecular flexibility index (Phi) is 6.92. The summed E-state index contributed by atoms with van der Waals surface area (Å²) >= 11 is 0. The van der Waals surface area contributed by atoms with E-state index < -0.39 is 18.4 Å². The highest BCUT2D eigenvalue weighted by molar-refractivity contribution is 4.77. The summed E-state index contributed by atoms with van der Waals surface area (Å²) in [6.07, 6.45) is -5.14. The minimum atomic E-state index is -4.36. The summed E-state index contributed by atoms with van der Waals surface area (Å²) < 4.78 is 47.3. The Morgan fingerprint density at radius 3 is 2.13 bits per heavy atom. The van der Waals surface area contributed by atoms with E-state index >= 15 is 0 Å². The summed E-state index contributed by atoms with van der Waals surface area (Å²) in [5, 5.41) is 0. The summed E-state index contributed by atoms with van der Waals surface area (Å²) in [5.41, 5.74) is 0. The maximum absolute atomic E-state index is 12.6. The lowest BCUT2D eigenvalue weighted by atomic mass is 10.1. The molecule has 2 atom stereocenters. The van der Waals surface area contributed by atoms with Crippen molar-refractivity contribution < 1.29 is 22.6 Å². The van der Waals surface area contributed by atoms with Gasteiger partial charge in [0.15, 0.2) is 6.10 Å². The third-order valence-electron chi connectivity index (χ3n) is 2.15. The zero-order valence-electron chi connectivity index (χ0n) is 9.43. The van der Waals surface area contributed by atoms with Gasteiger partial charge in [0.2, 0.25) is 0 Å². The highest BCUT2D eigenvalue weighted by Gasteiger charge is 2.45. The maximum Gasteiger partial charge on any atom is 0.417 e. The molecule has 2 unspecified atom stereocenters. The summed E-state index contributed by atoms with van der Waals surface area (Å²) in [4.78, 5) is 0. The predicted octanol–water partition coefficient (Wildman–Crippen LogP) is 3.16. The highest BCUT2D eigenvalue weighted by atomic mass is 19.4. The van der Waals surface area contributed by atoms with Crippen molar-refractivity contribution in [2.75, 3.05) is 13.7 Å². The van der Waals surface area contributed by atoms with Crippen LogP contribution < -0.4 is 0 Å². The van der Waals surface area contributed by atoms with Crippen molar-refractivity contribution in [3.8, 4) is 0 Å². The first-order valence-corrected chi connectivity index (χ1v) is 5.18. The molecule has 0 aliphatic rings. The van der Waals surface area contributed by atoms with Gasteiger partial charge in [-0.05, 0) is 13.3 Å². The standard InChI is InChI=1S/C10H19F3O2/c1-4-6-7-8(14-3)9(15-5-2)10(11,12)13/h8-9H,4-7H2,1-3H3. The molecule has 2 nitrogen and oxygen atoms in total. The zero-order valence-corrected chi connectivity index (χ0v) is 9.43. The van der Waals surface area contributed by atoms with Gasteiger partial charge in [-0.15, -0.1) is 0 Å². The molecule has 0 aromatic heterocycles. The van der Waals surface area contributed by atoms with Crippen molar-refractivity contribution in [1.82, 2.24) is 0 Å². The van der Waals surface area contributed by atoms with Gasteiger partial charge in [-0.3, -0.25) is 0 Å². The summed E-state index contributed by atoms with van der Waals surface area (Å²) in [6.45, 7) is 3.51. The molecule has 5 heteroatoms. The lowest BCUT2D eigenvalue weighted by Crippen LogP contribution is -2.43. The van der Waals surface area contributed by atoms with Gasteiger partial charge < -0.3 is 9.47 Å². The van der Waals surface area contributed by atoms with E-state index in [-0.39, 0.29) is 6.61 Å². The number of hydrogen-bond acceptors (Lipinski definition) is 2. The van der Waals surface area contributed by atoms with Crippen molar-refractivity contribution in [2.24, 2.45) is 0 Å². The highest BCUT2D eigenvalue weighted by Crippen LogP contribution is 2.28. The Bertz CT molecular complexity index is 159. The molecule has 0 bridgehead atoms. The van der Waals surface area contributed by atoms with E-state index in [9.17, 15) is 13.2 Å². The molecule has 0 aliphatic heterocycles. The molecule has 92 valence electrons. The molecule has 0 aromatic carbocycles. The fraction of sp³-hybridized carbons (Fsp3) is 1.00. The predicted molar refractivity (Wildman–Crippen MR) is 51.8 cm³/mol. The molecule has 15 heavy (non-hydrogen) atoms. The van der Waals surface area contributed by atoms with Crippen molar-refractivity contribution in [3.05, 3.63) is 0 Å². The summed E-state index contributed by atoms with van der Waals surface area (Å²) in [5.74, 6) is 0. The molecule has 0 fully saturated rings. The first kappa shape index (κ1) is 14.7. The van der Waals surface area contributed by atoms with Crippen LogP contribution in [-0.4, -0.2) is 32.1 Å². The molecule has 0 amide bonds. The van der Waals surface area contributed by atoms with E-state index in [4.69, 9.17) is 9.47 Å². The molecule has 0 aromatic rings. The minimum absolute atomic E-state index is 0.0379. The molecule has 0 rings (SSSR count). The van der Waals surface area contributed by atoms with Crippen molar-refractivity contribution in [3.63, 3.8) is 0 Å². The van der Waals surface area contributed by atoms with Crippen LogP contribution in [-0.2, 0) is 9.47 Å². The Balaban J connectivity index is 4.40. The number of unbranched alkanes of at least 4 members (excludes halogenated alkanes) is 1. The van der Waals surface area contributed by atoms with Crippen LogP contribution in [0.15, 0.2) is 0 Å². The lowest BCUT2D eigenvalue weighted by Gasteiger charge is -2.27. The summed E-state index contributed by atoms with van der Waals surface area (Å²) in [6, 6.07) is 0. The first-order chi connectivity index (χ1) is 6.97. The van der Waals surface area contributed by atoms with Crippen LogP contribution in [0.1, 0.15) is 33.1 Å². The van der Waals surface area contributed by atoms with E-state index in [1.165, 1.54) is 7.11 Å². The molecule has 0 aliphatic carbocycles. The van der Waals surface area contributed by atoms with Crippen LogP contribution >= 0.6 is 0 Å². The second-order valence-corrected chi connectivity index (χ2v) is 3.33. The van der Waals surface area contributed by atoms with Crippen molar-refractivity contribution >= 4 is 0 Å². The molecule has 0 saturated carbocycles. The van der Waals surface area contributed by atoms with E-state index in [2.05, 4.69) is 0 Å². The average Bonchev–Trinajstić information content (AvgIpc) is 2.15. The van der Waals surface area contributed by atoms with Gasteiger partial charge in [0.1, 0.15) is 0 Å². The van der Waals surface area contributed by atoms with Gasteiger partial charge in [-0.1, -0.05) is 19.8 Å². The Morgan fingerprint density at radius 2 is 1.80 bits per heavy atom. The fourth-order valence-corrected chi connectivity index (χ4v) is 1.39. The molecular formula is C10H19F3O2. The normalized spacial score (nSPS) is 16.4. The van der Waals surface area contributed by atoms with Gasteiger partial charge >= 0.3 is 6.18 Å². The van der Waals surface area contributed by atoms with E-state index in [1.54, 1.807) is 6.92 Å². The second kappa shape index (κ2) is 7.06. The number of halogens is 3.